The van der Waals surface area contributed by atoms with Crippen molar-refractivity contribution in [1.29, 1.82) is 0 Å². The van der Waals surface area contributed by atoms with Gasteiger partial charge in [0.1, 0.15) is 0 Å². The average Bonchev–Trinajstić information content (AvgIpc) is 2.65. The van der Waals surface area contributed by atoms with Gasteiger partial charge in [-0.1, -0.05) is 48.0 Å². The first-order valence-electron chi connectivity index (χ1n) is 8.30. The molecular weight excluding hydrogens is 397 g/mol. The molecule has 2 N–H and O–H groups in total. The summed E-state index contributed by atoms with van der Waals surface area (Å²) in [5, 5.41) is 4.05. The molecule has 5 nitrogen and oxygen atoms in total. The van der Waals surface area contributed by atoms with Gasteiger partial charge >= 0.3 is 12.1 Å². The molecule has 150 valence electrons. The van der Waals surface area contributed by atoms with Gasteiger partial charge in [0.05, 0.1) is 6.61 Å². The fourth-order valence-electron chi connectivity index (χ4n) is 2.40. The Morgan fingerprint density at radius 3 is 2.32 bits per heavy atom. The Morgan fingerprint density at radius 2 is 1.75 bits per heavy atom. The lowest BCUT2D eigenvalue weighted by molar-refractivity contribution is -0.219. The van der Waals surface area contributed by atoms with Crippen molar-refractivity contribution in [3.8, 4) is 0 Å². The molecule has 0 aliphatic carbocycles. The number of carbonyl (C=O) groups excluding carboxylic acids is 2. The minimum absolute atomic E-state index is 0.132. The molecule has 0 bridgehead atoms. The summed E-state index contributed by atoms with van der Waals surface area (Å²) in [4.78, 5) is 24.8. The number of esters is 1. The molecule has 2 rings (SSSR count). The molecule has 0 aliphatic heterocycles. The Hall–Kier alpha value is -2.58. The summed E-state index contributed by atoms with van der Waals surface area (Å²) in [6, 6.07) is 13.5. The van der Waals surface area contributed by atoms with Gasteiger partial charge in [-0.2, -0.15) is 13.2 Å². The van der Waals surface area contributed by atoms with E-state index in [1.165, 1.54) is 31.2 Å². The van der Waals surface area contributed by atoms with E-state index in [0.717, 1.165) is 0 Å². The maximum absolute atomic E-state index is 14.0. The first-order valence-corrected chi connectivity index (χ1v) is 8.68. The third kappa shape index (κ3) is 5.02. The molecule has 0 aromatic heterocycles. The molecule has 0 unspecified atom stereocenters. The lowest BCUT2D eigenvalue weighted by Crippen LogP contribution is -2.72. The highest BCUT2D eigenvalue weighted by atomic mass is 35.5. The van der Waals surface area contributed by atoms with E-state index in [0.29, 0.717) is 5.56 Å². The van der Waals surface area contributed by atoms with Gasteiger partial charge in [-0.05, 0) is 30.7 Å². The summed E-state index contributed by atoms with van der Waals surface area (Å²) >= 11 is 5.79. The van der Waals surface area contributed by atoms with Crippen LogP contribution in [0.2, 0.25) is 5.02 Å². The van der Waals surface area contributed by atoms with Crippen molar-refractivity contribution < 1.29 is 27.5 Å². The number of halogens is 4. The number of ether oxygens (including phenoxy) is 1. The van der Waals surface area contributed by atoms with Crippen molar-refractivity contribution in [3.63, 3.8) is 0 Å². The second kappa shape index (κ2) is 9.07. The van der Waals surface area contributed by atoms with Crippen LogP contribution in [0.5, 0.6) is 0 Å². The second-order valence-electron chi connectivity index (χ2n) is 5.77. The van der Waals surface area contributed by atoms with Gasteiger partial charge in [-0.3, -0.25) is 10.1 Å². The Balaban J connectivity index is 2.40. The SMILES string of the molecule is CCOC(=O)[C@](NCc1ccccc1)(NC(=O)c1cccc(Cl)c1)C(F)(F)F. The van der Waals surface area contributed by atoms with Gasteiger partial charge in [0.15, 0.2) is 0 Å². The molecule has 0 heterocycles. The third-order valence-corrected chi connectivity index (χ3v) is 4.03. The van der Waals surface area contributed by atoms with Crippen molar-refractivity contribution in [1.82, 2.24) is 10.6 Å². The lowest BCUT2D eigenvalue weighted by atomic mass is 10.1. The lowest BCUT2D eigenvalue weighted by Gasteiger charge is -2.34. The minimum atomic E-state index is -5.18. The van der Waals surface area contributed by atoms with Crippen LogP contribution in [0.4, 0.5) is 13.2 Å². The fraction of sp³-hybridized carbons (Fsp3) is 0.263. The predicted octanol–water partition coefficient (Wildman–Crippen LogP) is 3.68. The number of hydrogen-bond acceptors (Lipinski definition) is 4. The van der Waals surface area contributed by atoms with Crippen LogP contribution in [0.3, 0.4) is 0 Å². The van der Waals surface area contributed by atoms with Crippen LogP contribution in [0, 0.1) is 0 Å². The van der Waals surface area contributed by atoms with Gasteiger partial charge in [0.25, 0.3) is 11.6 Å². The number of benzene rings is 2. The normalized spacial score (nSPS) is 13.5. The van der Waals surface area contributed by atoms with Crippen LogP contribution in [-0.4, -0.2) is 30.3 Å². The molecule has 0 spiro atoms. The standard InChI is InChI=1S/C19H18ClF3N2O3/c1-2-28-17(27)18(19(21,22)23,24-12-13-7-4-3-5-8-13)25-16(26)14-9-6-10-15(20)11-14/h3-11,24H,2,12H2,1H3,(H,25,26)/t18-/m0/s1. The zero-order valence-electron chi connectivity index (χ0n) is 14.8. The van der Waals surface area contributed by atoms with E-state index in [1.54, 1.807) is 35.6 Å². The number of nitrogens with one attached hydrogen (secondary N) is 2. The summed E-state index contributed by atoms with van der Waals surface area (Å²) in [5.74, 6) is -2.79. The summed E-state index contributed by atoms with van der Waals surface area (Å²) in [5.41, 5.74) is -3.08. The van der Waals surface area contributed by atoms with Crippen molar-refractivity contribution in [2.24, 2.45) is 0 Å². The van der Waals surface area contributed by atoms with Crippen LogP contribution in [0.25, 0.3) is 0 Å². The molecule has 2 aromatic rings. The van der Waals surface area contributed by atoms with E-state index in [1.807, 2.05) is 0 Å². The van der Waals surface area contributed by atoms with Crippen LogP contribution < -0.4 is 10.6 Å². The average molecular weight is 415 g/mol. The summed E-state index contributed by atoms with van der Waals surface area (Å²) in [7, 11) is 0. The van der Waals surface area contributed by atoms with Crippen molar-refractivity contribution >= 4 is 23.5 Å². The highest BCUT2D eigenvalue weighted by Gasteiger charge is 2.63. The van der Waals surface area contributed by atoms with Gasteiger partial charge in [0, 0.05) is 17.1 Å². The minimum Gasteiger partial charge on any atom is -0.463 e. The maximum Gasteiger partial charge on any atom is 0.436 e. The van der Waals surface area contributed by atoms with E-state index in [9.17, 15) is 22.8 Å². The van der Waals surface area contributed by atoms with Crippen LogP contribution in [0.15, 0.2) is 54.6 Å². The second-order valence-corrected chi connectivity index (χ2v) is 6.21. The third-order valence-electron chi connectivity index (χ3n) is 3.80. The quantitative estimate of drug-likeness (QED) is 0.535. The van der Waals surface area contributed by atoms with E-state index in [2.05, 4.69) is 10.1 Å². The monoisotopic (exact) mass is 414 g/mol. The molecule has 28 heavy (non-hydrogen) atoms. The molecule has 9 heteroatoms. The van der Waals surface area contributed by atoms with E-state index in [-0.39, 0.29) is 23.7 Å². The summed E-state index contributed by atoms with van der Waals surface area (Å²) < 4.78 is 46.6. The first kappa shape index (κ1) is 21.7. The Bertz CT molecular complexity index is 831. The molecule has 0 fully saturated rings. The highest BCUT2D eigenvalue weighted by molar-refractivity contribution is 6.31. The predicted molar refractivity (Wildman–Crippen MR) is 97.6 cm³/mol. The number of alkyl halides is 3. The smallest absolute Gasteiger partial charge is 0.436 e. The Labute approximate surface area is 164 Å². The van der Waals surface area contributed by atoms with Gasteiger partial charge < -0.3 is 10.1 Å². The number of rotatable bonds is 7. The number of hydrogen-bond donors (Lipinski definition) is 2. The zero-order chi connectivity index (χ0) is 20.8. The van der Waals surface area contributed by atoms with Gasteiger partial charge in [0.2, 0.25) is 0 Å². The van der Waals surface area contributed by atoms with Crippen molar-refractivity contribution in [2.45, 2.75) is 25.3 Å². The highest BCUT2D eigenvalue weighted by Crippen LogP contribution is 2.31. The van der Waals surface area contributed by atoms with E-state index >= 15 is 0 Å². The molecule has 0 radical (unpaired) electrons. The van der Waals surface area contributed by atoms with E-state index in [4.69, 9.17) is 11.6 Å². The van der Waals surface area contributed by atoms with Crippen LogP contribution in [-0.2, 0) is 16.1 Å². The van der Waals surface area contributed by atoms with Crippen LogP contribution in [0.1, 0.15) is 22.8 Å². The molecule has 0 saturated heterocycles. The molecule has 2 aromatic carbocycles. The summed E-state index contributed by atoms with van der Waals surface area (Å²) in [6.45, 7) is 0.737. The number of amides is 1. The van der Waals surface area contributed by atoms with Gasteiger partial charge in [-0.15, -0.1) is 0 Å². The first-order chi connectivity index (χ1) is 13.2. The topological polar surface area (TPSA) is 67.4 Å². The van der Waals surface area contributed by atoms with Crippen molar-refractivity contribution in [2.75, 3.05) is 6.61 Å². The largest absolute Gasteiger partial charge is 0.463 e. The van der Waals surface area contributed by atoms with Crippen molar-refractivity contribution in [3.05, 3.63) is 70.7 Å². The van der Waals surface area contributed by atoms with Gasteiger partial charge in [-0.25, -0.2) is 4.79 Å². The van der Waals surface area contributed by atoms with E-state index < -0.39 is 23.7 Å². The maximum atomic E-state index is 14.0. The zero-order valence-corrected chi connectivity index (χ0v) is 15.6. The van der Waals surface area contributed by atoms with Crippen LogP contribution >= 0.6 is 11.6 Å². The molecule has 0 aliphatic rings. The molecule has 1 atom stereocenters. The molecular formula is C19H18ClF3N2O3. The number of carbonyl (C=O) groups is 2. The Kier molecular flexibility index (Phi) is 7.04. The summed E-state index contributed by atoms with van der Waals surface area (Å²) in [6.07, 6.45) is -5.18. The fourth-order valence-corrected chi connectivity index (χ4v) is 2.59. The Morgan fingerprint density at radius 1 is 1.07 bits per heavy atom. The molecule has 0 saturated carbocycles. The molecule has 1 amide bonds.